The van der Waals surface area contributed by atoms with Crippen molar-refractivity contribution in [1.29, 1.82) is 0 Å². The second-order valence-corrected chi connectivity index (χ2v) is 8.20. The number of hydrogen-bond acceptors (Lipinski definition) is 3. The van der Waals surface area contributed by atoms with Crippen LogP contribution in [-0.4, -0.2) is 42.1 Å². The van der Waals surface area contributed by atoms with Gasteiger partial charge in [0.25, 0.3) is 0 Å². The summed E-state index contributed by atoms with van der Waals surface area (Å²) in [6, 6.07) is 8.81. The van der Waals surface area contributed by atoms with E-state index in [0.717, 1.165) is 58.4 Å². The van der Waals surface area contributed by atoms with Gasteiger partial charge in [-0.25, -0.2) is 0 Å². The molecule has 4 nitrogen and oxygen atoms in total. The normalized spacial score (nSPS) is 21.9. The highest BCUT2D eigenvalue weighted by Crippen LogP contribution is 2.25. The first-order valence-electron chi connectivity index (χ1n) is 10.5. The zero-order chi connectivity index (χ0) is 18.5. The maximum Gasteiger partial charge on any atom is 0.222 e. The lowest BCUT2D eigenvalue weighted by molar-refractivity contribution is -0.132. The average Bonchev–Trinajstić information content (AvgIpc) is 2.94. The lowest BCUT2D eigenvalue weighted by atomic mass is 9.92. The number of nitrogens with zero attached hydrogens (tertiary/aromatic N) is 2. The molecule has 2 aromatic rings. The predicted octanol–water partition coefficient (Wildman–Crippen LogP) is 4.22. The van der Waals surface area contributed by atoms with Crippen LogP contribution >= 0.6 is 0 Å². The first-order valence-corrected chi connectivity index (χ1v) is 10.5. The van der Waals surface area contributed by atoms with Crippen LogP contribution in [0, 0.1) is 11.8 Å². The summed E-state index contributed by atoms with van der Waals surface area (Å²) in [4.78, 5) is 19.0. The van der Waals surface area contributed by atoms with Gasteiger partial charge < -0.3 is 9.64 Å². The zero-order valence-corrected chi connectivity index (χ0v) is 16.1. The molecule has 4 heteroatoms. The van der Waals surface area contributed by atoms with Crippen molar-refractivity contribution in [1.82, 2.24) is 9.88 Å². The molecule has 0 saturated carbocycles. The summed E-state index contributed by atoms with van der Waals surface area (Å²) < 4.78 is 5.42. The Morgan fingerprint density at radius 1 is 1.04 bits per heavy atom. The van der Waals surface area contributed by atoms with E-state index in [2.05, 4.69) is 34.1 Å². The molecule has 2 fully saturated rings. The van der Waals surface area contributed by atoms with Gasteiger partial charge in [-0.2, -0.15) is 0 Å². The second-order valence-electron chi connectivity index (χ2n) is 8.20. The Bertz CT molecular complexity index is 770. The molecule has 0 aliphatic carbocycles. The van der Waals surface area contributed by atoms with E-state index >= 15 is 0 Å². The van der Waals surface area contributed by atoms with Gasteiger partial charge in [0, 0.05) is 50.5 Å². The van der Waals surface area contributed by atoms with E-state index in [1.807, 2.05) is 12.4 Å². The number of rotatable bonds is 4. The Hall–Kier alpha value is -1.94. The van der Waals surface area contributed by atoms with Crippen molar-refractivity contribution >= 4 is 16.7 Å². The quantitative estimate of drug-likeness (QED) is 0.813. The van der Waals surface area contributed by atoms with E-state index in [1.54, 1.807) is 0 Å². The summed E-state index contributed by atoms with van der Waals surface area (Å²) in [5.74, 6) is 1.56. The van der Waals surface area contributed by atoms with Crippen molar-refractivity contribution < 1.29 is 9.53 Å². The summed E-state index contributed by atoms with van der Waals surface area (Å²) in [6.07, 6.45) is 11.2. The number of amides is 1. The smallest absolute Gasteiger partial charge is 0.222 e. The summed E-state index contributed by atoms with van der Waals surface area (Å²) in [6.45, 7) is 3.50. The van der Waals surface area contributed by atoms with Crippen molar-refractivity contribution in [3.63, 3.8) is 0 Å². The summed E-state index contributed by atoms with van der Waals surface area (Å²) in [5, 5.41) is 2.47. The first kappa shape index (κ1) is 18.4. The van der Waals surface area contributed by atoms with Crippen LogP contribution in [0.25, 0.3) is 10.8 Å². The number of carbonyl (C=O) groups excluding carboxylic acids is 1. The minimum Gasteiger partial charge on any atom is -0.381 e. The third-order valence-electron chi connectivity index (χ3n) is 6.23. The van der Waals surface area contributed by atoms with Crippen LogP contribution in [0.1, 0.15) is 44.1 Å². The number of fused-ring (bicyclic) bond motifs is 1. The highest BCUT2D eigenvalue weighted by atomic mass is 16.5. The molecule has 1 amide bonds. The van der Waals surface area contributed by atoms with E-state index in [1.165, 1.54) is 22.8 Å². The van der Waals surface area contributed by atoms with Crippen LogP contribution in [-0.2, 0) is 16.0 Å². The van der Waals surface area contributed by atoms with E-state index in [9.17, 15) is 4.79 Å². The molecule has 1 atom stereocenters. The van der Waals surface area contributed by atoms with Crippen LogP contribution in [0.5, 0.6) is 0 Å². The summed E-state index contributed by atoms with van der Waals surface area (Å²) >= 11 is 0. The van der Waals surface area contributed by atoms with Crippen molar-refractivity contribution in [3.05, 3.63) is 42.2 Å². The topological polar surface area (TPSA) is 42.4 Å². The molecule has 0 radical (unpaired) electrons. The molecule has 27 heavy (non-hydrogen) atoms. The van der Waals surface area contributed by atoms with Crippen molar-refractivity contribution in [2.75, 3.05) is 26.3 Å². The fourth-order valence-electron chi connectivity index (χ4n) is 4.54. The standard InChI is InChI=1S/C23H30N2O2/c26-23(16-19-7-12-27-13-8-19)25-10-1-2-18(6-11-25)14-20-3-4-22-17-24-9-5-21(22)15-20/h3-5,9,15,17-19H,1-2,6-8,10-14,16H2/t18-/m0/s1. The molecule has 3 heterocycles. The molecule has 1 aromatic carbocycles. The fraction of sp³-hybridized carbons (Fsp3) is 0.565. The van der Waals surface area contributed by atoms with E-state index in [-0.39, 0.29) is 0 Å². The monoisotopic (exact) mass is 366 g/mol. The maximum atomic E-state index is 12.7. The van der Waals surface area contributed by atoms with E-state index in [0.29, 0.717) is 24.2 Å². The van der Waals surface area contributed by atoms with Crippen molar-refractivity contribution in [2.24, 2.45) is 11.8 Å². The molecule has 0 bridgehead atoms. The molecule has 0 unspecified atom stereocenters. The summed E-state index contributed by atoms with van der Waals surface area (Å²) in [5.41, 5.74) is 1.40. The molecule has 2 saturated heterocycles. The van der Waals surface area contributed by atoms with Gasteiger partial charge in [-0.15, -0.1) is 0 Å². The second kappa shape index (κ2) is 8.83. The molecule has 4 rings (SSSR count). The van der Waals surface area contributed by atoms with E-state index < -0.39 is 0 Å². The number of likely N-dealkylation sites (tertiary alicyclic amines) is 1. The van der Waals surface area contributed by atoms with Gasteiger partial charge in [0.2, 0.25) is 5.91 Å². The molecular formula is C23H30N2O2. The minimum atomic E-state index is 0.362. The Morgan fingerprint density at radius 3 is 2.81 bits per heavy atom. The molecule has 2 aliphatic heterocycles. The average molecular weight is 367 g/mol. The molecule has 0 N–H and O–H groups in total. The minimum absolute atomic E-state index is 0.362. The highest BCUT2D eigenvalue weighted by molar-refractivity contribution is 5.82. The molecular weight excluding hydrogens is 336 g/mol. The van der Waals surface area contributed by atoms with Crippen LogP contribution < -0.4 is 0 Å². The maximum absolute atomic E-state index is 12.7. The lowest BCUT2D eigenvalue weighted by Crippen LogP contribution is -2.34. The van der Waals surface area contributed by atoms with Gasteiger partial charge in [-0.3, -0.25) is 9.78 Å². The highest BCUT2D eigenvalue weighted by Gasteiger charge is 2.24. The van der Waals surface area contributed by atoms with Gasteiger partial charge >= 0.3 is 0 Å². The first-order chi connectivity index (χ1) is 13.3. The third-order valence-corrected chi connectivity index (χ3v) is 6.23. The van der Waals surface area contributed by atoms with Gasteiger partial charge in [0.15, 0.2) is 0 Å². The number of ether oxygens (including phenoxy) is 1. The van der Waals surface area contributed by atoms with Gasteiger partial charge in [-0.1, -0.05) is 18.2 Å². The summed E-state index contributed by atoms with van der Waals surface area (Å²) in [7, 11) is 0. The number of carbonyl (C=O) groups is 1. The number of aromatic nitrogens is 1. The van der Waals surface area contributed by atoms with Crippen molar-refractivity contribution in [2.45, 2.75) is 44.9 Å². The van der Waals surface area contributed by atoms with Crippen molar-refractivity contribution in [3.8, 4) is 0 Å². The van der Waals surface area contributed by atoms with Crippen LogP contribution in [0.3, 0.4) is 0 Å². The van der Waals surface area contributed by atoms with E-state index in [4.69, 9.17) is 4.74 Å². The Morgan fingerprint density at radius 2 is 1.93 bits per heavy atom. The Kier molecular flexibility index (Phi) is 6.03. The Balaban J connectivity index is 1.31. The molecule has 144 valence electrons. The third kappa shape index (κ3) is 4.86. The van der Waals surface area contributed by atoms with Gasteiger partial charge in [0.1, 0.15) is 0 Å². The molecule has 2 aliphatic rings. The SMILES string of the molecule is O=C(CC1CCOCC1)N1CCC[C@H](Cc2ccc3cnccc3c2)CC1. The fourth-order valence-corrected chi connectivity index (χ4v) is 4.54. The number of pyridine rings is 1. The lowest BCUT2D eigenvalue weighted by Gasteiger charge is -2.26. The zero-order valence-electron chi connectivity index (χ0n) is 16.1. The van der Waals surface area contributed by atoms with Gasteiger partial charge in [-0.05, 0) is 67.4 Å². The predicted molar refractivity (Wildman–Crippen MR) is 108 cm³/mol. The van der Waals surface area contributed by atoms with Crippen LogP contribution in [0.2, 0.25) is 0 Å². The largest absolute Gasteiger partial charge is 0.381 e. The molecule has 0 spiro atoms. The van der Waals surface area contributed by atoms with Crippen LogP contribution in [0.15, 0.2) is 36.7 Å². The van der Waals surface area contributed by atoms with Gasteiger partial charge in [0.05, 0.1) is 0 Å². The number of benzene rings is 1. The number of hydrogen-bond donors (Lipinski definition) is 0. The van der Waals surface area contributed by atoms with Crippen LogP contribution in [0.4, 0.5) is 0 Å². The molecule has 1 aromatic heterocycles. The Labute approximate surface area is 161 Å².